The molecule has 7 heteroatoms. The van der Waals surface area contributed by atoms with Crippen molar-refractivity contribution in [1.82, 2.24) is 9.99 Å². The van der Waals surface area contributed by atoms with Gasteiger partial charge in [-0.3, -0.25) is 4.79 Å². The van der Waals surface area contributed by atoms with Gasteiger partial charge in [0, 0.05) is 34.6 Å². The highest BCUT2D eigenvalue weighted by atomic mass is 16.5. The van der Waals surface area contributed by atoms with E-state index in [1.807, 2.05) is 91.1 Å². The summed E-state index contributed by atoms with van der Waals surface area (Å²) in [6, 6.07) is 28.9. The fourth-order valence-corrected chi connectivity index (χ4v) is 4.29. The second kappa shape index (κ2) is 10.8. The maximum Gasteiger partial charge on any atom is 0.337 e. The fraction of sp³-hybridized carbons (Fsp3) is 0.100. The average Bonchev–Trinajstić information content (AvgIpc) is 3.28. The van der Waals surface area contributed by atoms with Gasteiger partial charge in [0.25, 0.3) is 5.91 Å². The number of para-hydroxylation sites is 1. The normalized spacial score (nSPS) is 11.2. The number of amides is 1. The number of nitrogens with one attached hydrogen (secondary N) is 1. The van der Waals surface area contributed by atoms with E-state index in [1.165, 1.54) is 7.11 Å². The Bertz CT molecular complexity index is 1610. The Kier molecular flexibility index (Phi) is 6.94. The van der Waals surface area contributed by atoms with E-state index in [1.54, 1.807) is 12.3 Å². The molecule has 0 aliphatic heterocycles. The summed E-state index contributed by atoms with van der Waals surface area (Å²) < 4.78 is 12.7. The fourth-order valence-electron chi connectivity index (χ4n) is 4.29. The largest absolute Gasteiger partial charge is 0.483 e. The first-order valence-corrected chi connectivity index (χ1v) is 11.8. The summed E-state index contributed by atoms with van der Waals surface area (Å²) in [6.07, 6.45) is 3.59. The predicted molar refractivity (Wildman–Crippen MR) is 144 cm³/mol. The number of fused-ring (bicyclic) bond motifs is 2. The Morgan fingerprint density at radius 1 is 0.919 bits per heavy atom. The first kappa shape index (κ1) is 23.8. The second-order valence-electron chi connectivity index (χ2n) is 8.48. The van der Waals surface area contributed by atoms with Crippen LogP contribution >= 0.6 is 0 Å². The molecule has 0 atom stereocenters. The van der Waals surface area contributed by atoms with Gasteiger partial charge in [-0.1, -0.05) is 66.7 Å². The maximum atomic E-state index is 12.4. The molecule has 0 unspecified atom stereocenters. The SMILES string of the molecule is COC(=O)c1cccc(Cn2cc(/C=N/NC(=O)COc3cccc4ccccc34)c3ccccc32)c1. The van der Waals surface area contributed by atoms with E-state index < -0.39 is 0 Å². The van der Waals surface area contributed by atoms with Crippen molar-refractivity contribution in [3.05, 3.63) is 114 Å². The highest BCUT2D eigenvalue weighted by Gasteiger charge is 2.10. The third-order valence-electron chi connectivity index (χ3n) is 6.02. The van der Waals surface area contributed by atoms with Gasteiger partial charge in [0.1, 0.15) is 5.75 Å². The molecule has 1 N–H and O–H groups in total. The van der Waals surface area contributed by atoms with Crippen LogP contribution in [0.3, 0.4) is 0 Å². The predicted octanol–water partition coefficient (Wildman–Crippen LogP) is 5.16. The molecule has 0 saturated carbocycles. The van der Waals surface area contributed by atoms with E-state index in [-0.39, 0.29) is 18.5 Å². The number of rotatable bonds is 8. The zero-order chi connectivity index (χ0) is 25.6. The van der Waals surface area contributed by atoms with Crippen molar-refractivity contribution in [2.24, 2.45) is 5.10 Å². The number of hydrazone groups is 1. The van der Waals surface area contributed by atoms with Gasteiger partial charge in [0.2, 0.25) is 0 Å². The number of aromatic nitrogens is 1. The van der Waals surface area contributed by atoms with E-state index in [9.17, 15) is 9.59 Å². The number of benzene rings is 4. The van der Waals surface area contributed by atoms with Crippen molar-refractivity contribution < 1.29 is 19.1 Å². The van der Waals surface area contributed by atoms with E-state index in [4.69, 9.17) is 9.47 Å². The highest BCUT2D eigenvalue weighted by molar-refractivity contribution is 6.00. The Balaban J connectivity index is 1.28. The van der Waals surface area contributed by atoms with Crippen molar-refractivity contribution >= 4 is 39.8 Å². The first-order valence-electron chi connectivity index (χ1n) is 11.8. The Labute approximate surface area is 213 Å². The number of hydrogen-bond donors (Lipinski definition) is 1. The molecule has 1 amide bonds. The second-order valence-corrected chi connectivity index (χ2v) is 8.48. The summed E-state index contributed by atoms with van der Waals surface area (Å²) in [7, 11) is 1.37. The quantitative estimate of drug-likeness (QED) is 0.185. The molecule has 0 aliphatic carbocycles. The number of ether oxygens (including phenoxy) is 2. The molecule has 4 aromatic carbocycles. The van der Waals surface area contributed by atoms with E-state index >= 15 is 0 Å². The summed E-state index contributed by atoms with van der Waals surface area (Å²) in [5.74, 6) is -0.0728. The van der Waals surface area contributed by atoms with E-state index in [0.717, 1.165) is 32.8 Å². The maximum absolute atomic E-state index is 12.4. The van der Waals surface area contributed by atoms with Crippen molar-refractivity contribution in [3.8, 4) is 5.75 Å². The number of methoxy groups -OCH3 is 1. The summed E-state index contributed by atoms with van der Waals surface area (Å²) in [5.41, 5.74) is 5.88. The van der Waals surface area contributed by atoms with Crippen molar-refractivity contribution in [3.63, 3.8) is 0 Å². The van der Waals surface area contributed by atoms with Crippen LogP contribution in [0.1, 0.15) is 21.5 Å². The van der Waals surface area contributed by atoms with Gasteiger partial charge in [-0.25, -0.2) is 10.2 Å². The standard InChI is InChI=1S/C30H25N3O4/c1-36-30(35)23-11-6-8-21(16-23)18-33-19-24(25-12-4-5-14-27(25)33)17-31-32-29(34)20-37-28-15-7-10-22-9-2-3-13-26(22)28/h2-17,19H,18,20H2,1H3,(H,32,34)/b31-17+. The molecule has 0 radical (unpaired) electrons. The number of carbonyl (C=O) groups is 2. The van der Waals surface area contributed by atoms with Crippen LogP contribution in [0.15, 0.2) is 102 Å². The zero-order valence-electron chi connectivity index (χ0n) is 20.3. The van der Waals surface area contributed by atoms with Crippen LogP contribution in [-0.2, 0) is 16.1 Å². The first-order chi connectivity index (χ1) is 18.1. The van der Waals surface area contributed by atoms with Crippen LogP contribution in [0.25, 0.3) is 21.7 Å². The molecule has 5 aromatic rings. The molecule has 5 rings (SSSR count). The smallest absolute Gasteiger partial charge is 0.337 e. The lowest BCUT2D eigenvalue weighted by Gasteiger charge is -2.08. The molecule has 184 valence electrons. The van der Waals surface area contributed by atoms with Crippen LogP contribution in [0, 0.1) is 0 Å². The van der Waals surface area contributed by atoms with Gasteiger partial charge in [0.05, 0.1) is 18.9 Å². The monoisotopic (exact) mass is 491 g/mol. The molecule has 7 nitrogen and oxygen atoms in total. The van der Waals surface area contributed by atoms with Crippen LogP contribution < -0.4 is 10.2 Å². The summed E-state index contributed by atoms with van der Waals surface area (Å²) in [4.78, 5) is 24.3. The van der Waals surface area contributed by atoms with Gasteiger partial charge >= 0.3 is 5.97 Å². The minimum atomic E-state index is -0.368. The van der Waals surface area contributed by atoms with Crippen LogP contribution in [0.5, 0.6) is 5.75 Å². The minimum absolute atomic E-state index is 0.149. The number of carbonyl (C=O) groups excluding carboxylic acids is 2. The molecule has 37 heavy (non-hydrogen) atoms. The molecule has 0 aliphatic rings. The van der Waals surface area contributed by atoms with Gasteiger partial charge < -0.3 is 14.0 Å². The summed E-state index contributed by atoms with van der Waals surface area (Å²) in [5, 5.41) is 7.15. The lowest BCUT2D eigenvalue weighted by Crippen LogP contribution is -2.24. The van der Waals surface area contributed by atoms with Crippen LogP contribution in [-0.4, -0.2) is 36.4 Å². The molecular formula is C30H25N3O4. The van der Waals surface area contributed by atoms with Crippen molar-refractivity contribution in [2.45, 2.75) is 6.54 Å². The van der Waals surface area contributed by atoms with E-state index in [0.29, 0.717) is 17.9 Å². The molecule has 0 spiro atoms. The van der Waals surface area contributed by atoms with Gasteiger partial charge in [0.15, 0.2) is 6.61 Å². The molecule has 1 aromatic heterocycles. The van der Waals surface area contributed by atoms with Gasteiger partial charge in [-0.15, -0.1) is 0 Å². The average molecular weight is 492 g/mol. The summed E-state index contributed by atoms with van der Waals surface area (Å²) >= 11 is 0. The lowest BCUT2D eigenvalue weighted by molar-refractivity contribution is -0.123. The zero-order valence-corrected chi connectivity index (χ0v) is 20.3. The molecule has 1 heterocycles. The van der Waals surface area contributed by atoms with Crippen molar-refractivity contribution in [1.29, 1.82) is 0 Å². The lowest BCUT2D eigenvalue weighted by atomic mass is 10.1. The minimum Gasteiger partial charge on any atom is -0.483 e. The third-order valence-corrected chi connectivity index (χ3v) is 6.02. The van der Waals surface area contributed by atoms with Crippen LogP contribution in [0.2, 0.25) is 0 Å². The van der Waals surface area contributed by atoms with Gasteiger partial charge in [-0.05, 0) is 35.2 Å². The molecule has 0 saturated heterocycles. The van der Waals surface area contributed by atoms with E-state index in [2.05, 4.69) is 15.1 Å². The van der Waals surface area contributed by atoms with Crippen LogP contribution in [0.4, 0.5) is 0 Å². The third kappa shape index (κ3) is 5.36. The number of nitrogens with zero attached hydrogens (tertiary/aromatic N) is 2. The Morgan fingerprint density at radius 2 is 1.68 bits per heavy atom. The topological polar surface area (TPSA) is 81.9 Å². The molecule has 0 bridgehead atoms. The Hall–Kier alpha value is -4.91. The number of hydrogen-bond acceptors (Lipinski definition) is 5. The number of esters is 1. The summed E-state index contributed by atoms with van der Waals surface area (Å²) in [6.45, 7) is 0.411. The van der Waals surface area contributed by atoms with Gasteiger partial charge in [-0.2, -0.15) is 5.10 Å². The van der Waals surface area contributed by atoms with Crippen molar-refractivity contribution in [2.75, 3.05) is 13.7 Å². The highest BCUT2D eigenvalue weighted by Crippen LogP contribution is 2.25. The molecule has 0 fully saturated rings. The Morgan fingerprint density at radius 3 is 2.54 bits per heavy atom. The molecular weight excluding hydrogens is 466 g/mol.